The second kappa shape index (κ2) is 8.15. The van der Waals surface area contributed by atoms with E-state index < -0.39 is 0 Å². The summed E-state index contributed by atoms with van der Waals surface area (Å²) in [6.07, 6.45) is 0.732. The summed E-state index contributed by atoms with van der Waals surface area (Å²) < 4.78 is 21.1. The Labute approximate surface area is 152 Å². The molecule has 0 spiro atoms. The third-order valence-electron chi connectivity index (χ3n) is 4.46. The molecular formula is C21H23FN2O2. The average Bonchev–Trinajstić information content (AvgIpc) is 3.01. The Balaban J connectivity index is 1.94. The van der Waals surface area contributed by atoms with Crippen LogP contribution in [0, 0.1) is 5.82 Å². The Kier molecular flexibility index (Phi) is 5.68. The average molecular weight is 354 g/mol. The first-order valence-electron chi connectivity index (χ1n) is 8.71. The van der Waals surface area contributed by atoms with Crippen LogP contribution in [0.3, 0.4) is 0 Å². The normalized spacial score (nSPS) is 12.3. The van der Waals surface area contributed by atoms with Crippen molar-refractivity contribution >= 4 is 16.8 Å². The number of para-hydroxylation sites is 1. The summed E-state index contributed by atoms with van der Waals surface area (Å²) >= 11 is 0. The Bertz CT molecular complexity index is 904. The van der Waals surface area contributed by atoms with Gasteiger partial charge in [0.05, 0.1) is 6.54 Å². The second-order valence-electron chi connectivity index (χ2n) is 6.42. The maximum atomic E-state index is 14.1. The fraction of sp³-hybridized carbons (Fsp3) is 0.286. The maximum Gasteiger partial charge on any atom is 0.268 e. The monoisotopic (exact) mass is 354 g/mol. The lowest BCUT2D eigenvalue weighted by atomic mass is 10.2. The van der Waals surface area contributed by atoms with E-state index in [0.29, 0.717) is 24.4 Å². The van der Waals surface area contributed by atoms with Crippen LogP contribution in [0.25, 0.3) is 10.9 Å². The molecule has 1 N–H and O–H groups in total. The van der Waals surface area contributed by atoms with Crippen LogP contribution < -0.4 is 5.32 Å². The van der Waals surface area contributed by atoms with Crippen LogP contribution in [0.5, 0.6) is 0 Å². The number of nitrogens with one attached hydrogen (secondary N) is 1. The van der Waals surface area contributed by atoms with Gasteiger partial charge in [-0.1, -0.05) is 36.4 Å². The van der Waals surface area contributed by atoms with Gasteiger partial charge < -0.3 is 14.6 Å². The first-order valence-corrected chi connectivity index (χ1v) is 8.71. The first-order chi connectivity index (χ1) is 12.6. The number of hydrogen-bond acceptors (Lipinski definition) is 2. The van der Waals surface area contributed by atoms with Crippen molar-refractivity contribution in [3.63, 3.8) is 0 Å². The highest BCUT2D eigenvalue weighted by molar-refractivity contribution is 5.99. The summed E-state index contributed by atoms with van der Waals surface area (Å²) in [5, 5.41) is 3.96. The summed E-state index contributed by atoms with van der Waals surface area (Å²) in [5.74, 6) is -0.439. The number of benzene rings is 2. The summed E-state index contributed by atoms with van der Waals surface area (Å²) in [6.45, 7) is 2.83. The van der Waals surface area contributed by atoms with E-state index in [9.17, 15) is 9.18 Å². The lowest BCUT2D eigenvalue weighted by Crippen LogP contribution is -2.34. The van der Waals surface area contributed by atoms with E-state index in [0.717, 1.165) is 17.3 Å². The largest absolute Gasteiger partial charge is 0.385 e. The van der Waals surface area contributed by atoms with Gasteiger partial charge in [-0.05, 0) is 31.5 Å². The van der Waals surface area contributed by atoms with Gasteiger partial charge in [-0.25, -0.2) is 4.39 Å². The van der Waals surface area contributed by atoms with Gasteiger partial charge in [0.15, 0.2) is 0 Å². The SMILES string of the molecule is COCCC(C)NC(=O)c1cc2ccccc2n1Cc1ccccc1F. The lowest BCUT2D eigenvalue weighted by Gasteiger charge is -2.15. The molecule has 2 aromatic carbocycles. The predicted octanol–water partition coefficient (Wildman–Crippen LogP) is 3.98. The molecule has 0 aliphatic heterocycles. The van der Waals surface area contributed by atoms with E-state index in [2.05, 4.69) is 5.32 Å². The fourth-order valence-electron chi connectivity index (χ4n) is 3.03. The van der Waals surface area contributed by atoms with Crippen molar-refractivity contribution in [2.24, 2.45) is 0 Å². The van der Waals surface area contributed by atoms with Crippen molar-refractivity contribution in [1.29, 1.82) is 0 Å². The molecule has 0 bridgehead atoms. The quantitative estimate of drug-likeness (QED) is 0.697. The van der Waals surface area contributed by atoms with Crippen molar-refractivity contribution in [3.05, 3.63) is 71.7 Å². The topological polar surface area (TPSA) is 43.3 Å². The van der Waals surface area contributed by atoms with Crippen LogP contribution in [-0.4, -0.2) is 30.2 Å². The van der Waals surface area contributed by atoms with E-state index in [4.69, 9.17) is 4.74 Å². The molecule has 3 rings (SSSR count). The molecule has 3 aromatic rings. The smallest absolute Gasteiger partial charge is 0.268 e. The minimum Gasteiger partial charge on any atom is -0.385 e. The van der Waals surface area contributed by atoms with Crippen LogP contribution in [-0.2, 0) is 11.3 Å². The molecule has 1 unspecified atom stereocenters. The van der Waals surface area contributed by atoms with Crippen molar-refractivity contribution in [2.75, 3.05) is 13.7 Å². The van der Waals surface area contributed by atoms with E-state index in [1.54, 1.807) is 25.3 Å². The number of fused-ring (bicyclic) bond motifs is 1. The van der Waals surface area contributed by atoms with E-state index >= 15 is 0 Å². The van der Waals surface area contributed by atoms with Crippen molar-refractivity contribution < 1.29 is 13.9 Å². The van der Waals surface area contributed by atoms with Crippen LogP contribution in [0.2, 0.25) is 0 Å². The van der Waals surface area contributed by atoms with E-state index in [1.807, 2.05) is 41.8 Å². The number of aromatic nitrogens is 1. The third-order valence-corrected chi connectivity index (χ3v) is 4.46. The highest BCUT2D eigenvalue weighted by Crippen LogP contribution is 2.22. The molecule has 136 valence electrons. The molecular weight excluding hydrogens is 331 g/mol. The molecule has 0 fully saturated rings. The summed E-state index contributed by atoms with van der Waals surface area (Å²) in [4.78, 5) is 12.8. The van der Waals surface area contributed by atoms with Crippen LogP contribution in [0.4, 0.5) is 4.39 Å². The van der Waals surface area contributed by atoms with Gasteiger partial charge in [-0.3, -0.25) is 4.79 Å². The molecule has 1 aromatic heterocycles. The molecule has 1 atom stereocenters. The minimum absolute atomic E-state index is 0.0117. The number of amides is 1. The number of ether oxygens (including phenoxy) is 1. The fourth-order valence-corrected chi connectivity index (χ4v) is 3.03. The number of rotatable bonds is 7. The number of carbonyl (C=O) groups excluding carboxylic acids is 1. The Morgan fingerprint density at radius 1 is 1.19 bits per heavy atom. The number of carbonyl (C=O) groups is 1. The van der Waals surface area contributed by atoms with Gasteiger partial charge in [0.25, 0.3) is 5.91 Å². The van der Waals surface area contributed by atoms with Crippen LogP contribution in [0.1, 0.15) is 29.4 Å². The standard InChI is InChI=1S/C21H23FN2O2/c1-15(11-12-26-2)23-21(25)20-13-16-7-4-6-10-19(16)24(20)14-17-8-3-5-9-18(17)22/h3-10,13,15H,11-12,14H2,1-2H3,(H,23,25). The van der Waals surface area contributed by atoms with Gasteiger partial charge >= 0.3 is 0 Å². The summed E-state index contributed by atoms with van der Waals surface area (Å²) in [5.41, 5.74) is 1.99. The van der Waals surface area contributed by atoms with Crippen molar-refractivity contribution in [2.45, 2.75) is 25.9 Å². The Hall–Kier alpha value is -2.66. The van der Waals surface area contributed by atoms with Gasteiger partial charge in [-0.2, -0.15) is 0 Å². The van der Waals surface area contributed by atoms with Gasteiger partial charge in [0.1, 0.15) is 11.5 Å². The van der Waals surface area contributed by atoms with E-state index in [-0.39, 0.29) is 17.8 Å². The zero-order valence-corrected chi connectivity index (χ0v) is 15.0. The van der Waals surface area contributed by atoms with Crippen LogP contribution in [0.15, 0.2) is 54.6 Å². The summed E-state index contributed by atoms with van der Waals surface area (Å²) in [6, 6.07) is 16.2. The number of methoxy groups -OCH3 is 1. The first kappa shape index (κ1) is 18.1. The number of nitrogens with zero attached hydrogens (tertiary/aromatic N) is 1. The molecule has 0 aliphatic rings. The lowest BCUT2D eigenvalue weighted by molar-refractivity contribution is 0.0921. The molecule has 0 saturated heterocycles. The predicted molar refractivity (Wildman–Crippen MR) is 101 cm³/mol. The molecule has 0 aliphatic carbocycles. The Morgan fingerprint density at radius 3 is 2.69 bits per heavy atom. The maximum absolute atomic E-state index is 14.1. The molecule has 4 nitrogen and oxygen atoms in total. The zero-order chi connectivity index (χ0) is 18.5. The zero-order valence-electron chi connectivity index (χ0n) is 15.0. The highest BCUT2D eigenvalue weighted by Gasteiger charge is 2.18. The van der Waals surface area contributed by atoms with Crippen LogP contribution >= 0.6 is 0 Å². The van der Waals surface area contributed by atoms with Gasteiger partial charge in [-0.15, -0.1) is 0 Å². The van der Waals surface area contributed by atoms with E-state index in [1.165, 1.54) is 6.07 Å². The van der Waals surface area contributed by atoms with Gasteiger partial charge in [0, 0.05) is 36.2 Å². The van der Waals surface area contributed by atoms with Crippen molar-refractivity contribution in [3.8, 4) is 0 Å². The third kappa shape index (κ3) is 3.94. The minimum atomic E-state index is -0.273. The van der Waals surface area contributed by atoms with Crippen molar-refractivity contribution in [1.82, 2.24) is 9.88 Å². The molecule has 26 heavy (non-hydrogen) atoms. The number of hydrogen-bond donors (Lipinski definition) is 1. The Morgan fingerprint density at radius 2 is 1.92 bits per heavy atom. The molecule has 1 amide bonds. The van der Waals surface area contributed by atoms with Gasteiger partial charge in [0.2, 0.25) is 0 Å². The molecule has 0 saturated carbocycles. The summed E-state index contributed by atoms with van der Waals surface area (Å²) in [7, 11) is 1.64. The number of halogens is 1. The molecule has 0 radical (unpaired) electrons. The molecule has 5 heteroatoms. The molecule has 1 heterocycles. The second-order valence-corrected chi connectivity index (χ2v) is 6.42. The highest BCUT2D eigenvalue weighted by atomic mass is 19.1.